The minimum Gasteiger partial charge on any atom is -0.493 e. The summed E-state index contributed by atoms with van der Waals surface area (Å²) < 4.78 is 10.3. The van der Waals surface area contributed by atoms with Crippen LogP contribution >= 0.6 is 0 Å². The van der Waals surface area contributed by atoms with Gasteiger partial charge < -0.3 is 9.47 Å². The number of methoxy groups -OCH3 is 2. The zero-order chi connectivity index (χ0) is 23.4. The molecule has 1 amide bonds. The highest BCUT2D eigenvalue weighted by molar-refractivity contribution is 5.90. The fourth-order valence-corrected chi connectivity index (χ4v) is 4.24. The maximum absolute atomic E-state index is 13.0. The maximum atomic E-state index is 13.0. The lowest BCUT2D eigenvalue weighted by atomic mass is 9.85. The summed E-state index contributed by atoms with van der Waals surface area (Å²) in [4.78, 5) is 23.9. The molecule has 0 aromatic heterocycles. The molecule has 8 heteroatoms. The molecule has 0 unspecified atom stereocenters. The number of benzene rings is 3. The summed E-state index contributed by atoms with van der Waals surface area (Å²) in [5, 5.41) is 15.5. The van der Waals surface area contributed by atoms with E-state index in [1.165, 1.54) is 32.6 Å². The van der Waals surface area contributed by atoms with Crippen molar-refractivity contribution in [1.29, 1.82) is 0 Å². The average Bonchev–Trinajstić information content (AvgIpc) is 3.62. The van der Waals surface area contributed by atoms with Crippen molar-refractivity contribution in [3.63, 3.8) is 0 Å². The number of carbonyl (C=O) groups is 1. The van der Waals surface area contributed by atoms with Gasteiger partial charge in [-0.05, 0) is 23.6 Å². The molecule has 4 rings (SSSR count). The van der Waals surface area contributed by atoms with E-state index in [2.05, 4.69) is 10.5 Å². The van der Waals surface area contributed by atoms with Gasteiger partial charge in [-0.25, -0.2) is 5.43 Å². The van der Waals surface area contributed by atoms with Gasteiger partial charge in [0, 0.05) is 5.41 Å². The van der Waals surface area contributed by atoms with Crippen LogP contribution in [-0.4, -0.2) is 31.3 Å². The van der Waals surface area contributed by atoms with Gasteiger partial charge in [-0.15, -0.1) is 0 Å². The van der Waals surface area contributed by atoms with Gasteiger partial charge in [-0.3, -0.25) is 14.9 Å². The molecule has 0 heterocycles. The van der Waals surface area contributed by atoms with Crippen molar-refractivity contribution in [1.82, 2.24) is 5.43 Å². The Labute approximate surface area is 191 Å². The van der Waals surface area contributed by atoms with Crippen LogP contribution < -0.4 is 14.9 Å². The SMILES string of the molecule is COc1cc(C=NNC(=O)[C@@H]2CC2(c2ccccc2)c2ccccc2)c([N+](=O)[O-])cc1OC. The van der Waals surface area contributed by atoms with Crippen LogP contribution in [-0.2, 0) is 10.2 Å². The van der Waals surface area contributed by atoms with Gasteiger partial charge in [0.1, 0.15) is 0 Å². The lowest BCUT2D eigenvalue weighted by molar-refractivity contribution is -0.385. The molecule has 3 aromatic rings. The van der Waals surface area contributed by atoms with E-state index in [-0.39, 0.29) is 28.8 Å². The third kappa shape index (κ3) is 4.15. The average molecular weight is 445 g/mol. The first-order valence-corrected chi connectivity index (χ1v) is 10.4. The number of hydrogen-bond acceptors (Lipinski definition) is 6. The minimum atomic E-state index is -0.540. The van der Waals surface area contributed by atoms with Crippen molar-refractivity contribution in [2.45, 2.75) is 11.8 Å². The van der Waals surface area contributed by atoms with Crippen molar-refractivity contribution in [3.05, 3.63) is 99.6 Å². The third-order valence-corrected chi connectivity index (χ3v) is 5.96. The Hall–Kier alpha value is -4.20. The largest absolute Gasteiger partial charge is 0.493 e. The van der Waals surface area contributed by atoms with E-state index in [0.717, 1.165) is 11.1 Å². The van der Waals surface area contributed by atoms with Crippen LogP contribution in [0.15, 0.2) is 77.9 Å². The predicted octanol–water partition coefficient (Wildman–Crippen LogP) is 4.07. The quantitative estimate of drug-likeness (QED) is 0.320. The smallest absolute Gasteiger partial charge is 0.282 e. The molecular formula is C25H23N3O5. The summed E-state index contributed by atoms with van der Waals surface area (Å²) in [6, 6.07) is 22.5. The molecule has 1 aliphatic carbocycles. The first kappa shape index (κ1) is 22.0. The van der Waals surface area contributed by atoms with Crippen molar-refractivity contribution >= 4 is 17.8 Å². The Balaban J connectivity index is 1.57. The van der Waals surface area contributed by atoms with Crippen molar-refractivity contribution in [3.8, 4) is 11.5 Å². The van der Waals surface area contributed by atoms with E-state index in [4.69, 9.17) is 9.47 Å². The number of ether oxygens (including phenoxy) is 2. The number of nitrogens with zero attached hydrogens (tertiary/aromatic N) is 2. The van der Waals surface area contributed by atoms with Gasteiger partial charge in [-0.2, -0.15) is 5.10 Å². The molecule has 0 saturated heterocycles. The van der Waals surface area contributed by atoms with Gasteiger partial charge >= 0.3 is 0 Å². The lowest BCUT2D eigenvalue weighted by Crippen LogP contribution is -2.25. The monoisotopic (exact) mass is 445 g/mol. The highest BCUT2D eigenvalue weighted by Gasteiger charge is 2.60. The fraction of sp³-hybridized carbons (Fsp3) is 0.200. The van der Waals surface area contributed by atoms with E-state index >= 15 is 0 Å². The van der Waals surface area contributed by atoms with Crippen LogP contribution in [0.25, 0.3) is 0 Å². The van der Waals surface area contributed by atoms with Crippen LogP contribution in [0.4, 0.5) is 5.69 Å². The first-order chi connectivity index (χ1) is 16.0. The van der Waals surface area contributed by atoms with Crippen LogP contribution in [0, 0.1) is 16.0 Å². The molecule has 1 saturated carbocycles. The van der Waals surface area contributed by atoms with Crippen molar-refractivity contribution < 1.29 is 19.2 Å². The van der Waals surface area contributed by atoms with Crippen LogP contribution in [0.3, 0.4) is 0 Å². The molecule has 0 radical (unpaired) electrons. The number of nitro groups is 1. The normalized spacial score (nSPS) is 16.2. The zero-order valence-corrected chi connectivity index (χ0v) is 18.2. The molecule has 3 aromatic carbocycles. The second kappa shape index (κ2) is 9.12. The highest BCUT2D eigenvalue weighted by Crippen LogP contribution is 2.58. The molecule has 8 nitrogen and oxygen atoms in total. The Morgan fingerprint density at radius 3 is 2.09 bits per heavy atom. The summed E-state index contributed by atoms with van der Waals surface area (Å²) in [6.45, 7) is 0. The molecule has 0 bridgehead atoms. The van der Waals surface area contributed by atoms with E-state index < -0.39 is 10.3 Å². The number of nitro benzene ring substituents is 1. The topological polar surface area (TPSA) is 103 Å². The Morgan fingerprint density at radius 1 is 1.03 bits per heavy atom. The molecular weight excluding hydrogens is 422 g/mol. The minimum absolute atomic E-state index is 0.186. The number of hydrogen-bond donors (Lipinski definition) is 1. The maximum Gasteiger partial charge on any atom is 0.282 e. The third-order valence-electron chi connectivity index (χ3n) is 5.96. The highest BCUT2D eigenvalue weighted by atomic mass is 16.6. The summed E-state index contributed by atoms with van der Waals surface area (Å²) in [5.74, 6) is 0.00559. The van der Waals surface area contributed by atoms with Gasteiger partial charge in [-0.1, -0.05) is 60.7 Å². The second-order valence-corrected chi connectivity index (χ2v) is 7.72. The number of carbonyl (C=O) groups excluding carboxylic acids is 1. The second-order valence-electron chi connectivity index (χ2n) is 7.72. The van der Waals surface area contributed by atoms with Gasteiger partial charge in [0.25, 0.3) is 5.69 Å². The lowest BCUT2D eigenvalue weighted by Gasteiger charge is -2.18. The van der Waals surface area contributed by atoms with E-state index in [0.29, 0.717) is 12.2 Å². The van der Waals surface area contributed by atoms with Crippen LogP contribution in [0.1, 0.15) is 23.1 Å². The molecule has 1 fully saturated rings. The van der Waals surface area contributed by atoms with Crippen molar-refractivity contribution in [2.24, 2.45) is 11.0 Å². The number of nitrogens with one attached hydrogen (secondary N) is 1. The molecule has 1 N–H and O–H groups in total. The van der Waals surface area contributed by atoms with Crippen LogP contribution in [0.5, 0.6) is 11.5 Å². The standard InChI is InChI=1S/C25H23N3O5/c1-32-22-13-17(21(28(30)31)14-23(22)33-2)16-26-27-24(29)20-15-25(20,18-9-5-3-6-10-18)19-11-7-4-8-12-19/h3-14,16,20H,15H2,1-2H3,(H,27,29)/t20-/m0/s1. The summed E-state index contributed by atoms with van der Waals surface area (Å²) in [7, 11) is 2.84. The molecule has 33 heavy (non-hydrogen) atoms. The Kier molecular flexibility index (Phi) is 6.08. The Morgan fingerprint density at radius 2 is 1.58 bits per heavy atom. The van der Waals surface area contributed by atoms with Crippen molar-refractivity contribution in [2.75, 3.05) is 14.2 Å². The van der Waals surface area contributed by atoms with E-state index in [1.807, 2.05) is 60.7 Å². The van der Waals surface area contributed by atoms with Gasteiger partial charge in [0.2, 0.25) is 5.91 Å². The first-order valence-electron chi connectivity index (χ1n) is 10.4. The summed E-state index contributed by atoms with van der Waals surface area (Å²) in [6.07, 6.45) is 1.89. The molecule has 168 valence electrons. The molecule has 0 aliphatic heterocycles. The summed E-state index contributed by atoms with van der Waals surface area (Å²) >= 11 is 0. The predicted molar refractivity (Wildman–Crippen MR) is 124 cm³/mol. The molecule has 1 atom stereocenters. The van der Waals surface area contributed by atoms with Crippen LogP contribution in [0.2, 0.25) is 0 Å². The van der Waals surface area contributed by atoms with E-state index in [9.17, 15) is 14.9 Å². The number of hydrazone groups is 1. The zero-order valence-electron chi connectivity index (χ0n) is 18.2. The van der Waals surface area contributed by atoms with Gasteiger partial charge in [0.05, 0.1) is 42.9 Å². The number of amides is 1. The van der Waals surface area contributed by atoms with Gasteiger partial charge in [0.15, 0.2) is 11.5 Å². The van der Waals surface area contributed by atoms with E-state index in [1.54, 1.807) is 0 Å². The fourth-order valence-electron chi connectivity index (χ4n) is 4.24. The number of rotatable bonds is 8. The molecule has 0 spiro atoms. The Bertz CT molecular complexity index is 1160. The molecule has 1 aliphatic rings. The summed E-state index contributed by atoms with van der Waals surface area (Å²) in [5.41, 5.74) is 4.25.